The highest BCUT2D eigenvalue weighted by atomic mass is 79.9. The van der Waals surface area contributed by atoms with E-state index in [4.69, 9.17) is 4.74 Å². The third-order valence-electron chi connectivity index (χ3n) is 2.61. The van der Waals surface area contributed by atoms with E-state index in [1.807, 2.05) is 13.8 Å². The Balaban J connectivity index is 2.41. The van der Waals surface area contributed by atoms with Crippen LogP contribution in [0.3, 0.4) is 0 Å². The van der Waals surface area contributed by atoms with Crippen LogP contribution < -0.4 is 10.6 Å². The average Bonchev–Trinajstić information content (AvgIpc) is 2.44. The van der Waals surface area contributed by atoms with Crippen LogP contribution in [0.25, 0.3) is 0 Å². The predicted octanol–water partition coefficient (Wildman–Crippen LogP) is 1.64. The highest BCUT2D eigenvalue weighted by Gasteiger charge is 2.18. The molecule has 0 spiro atoms. The molecular weight excluding hydrogens is 352 g/mol. The van der Waals surface area contributed by atoms with Gasteiger partial charge in [-0.15, -0.1) is 0 Å². The Morgan fingerprint density at radius 2 is 1.73 bits per heavy atom. The highest BCUT2D eigenvalue weighted by Crippen LogP contribution is 2.10. The van der Waals surface area contributed by atoms with Crippen LogP contribution >= 0.6 is 15.9 Å². The summed E-state index contributed by atoms with van der Waals surface area (Å²) in [7, 11) is 0. The number of hydrogen-bond acceptors (Lipinski definition) is 4. The van der Waals surface area contributed by atoms with Crippen molar-refractivity contribution in [2.24, 2.45) is 0 Å². The Kier molecular flexibility index (Phi) is 7.04. The van der Waals surface area contributed by atoms with Crippen molar-refractivity contribution in [1.82, 2.24) is 10.6 Å². The zero-order chi connectivity index (χ0) is 16.7. The summed E-state index contributed by atoms with van der Waals surface area (Å²) in [6.45, 7) is 4.80. The molecule has 22 heavy (non-hydrogen) atoms. The zero-order valence-electron chi connectivity index (χ0n) is 12.7. The Morgan fingerprint density at radius 3 is 2.27 bits per heavy atom. The normalized spacial score (nSPS) is 11.7. The number of carbonyl (C=O) groups excluding carboxylic acids is 3. The van der Waals surface area contributed by atoms with E-state index in [1.165, 1.54) is 6.92 Å². The maximum Gasteiger partial charge on any atom is 0.326 e. The van der Waals surface area contributed by atoms with Crippen LogP contribution in [-0.2, 0) is 14.3 Å². The summed E-state index contributed by atoms with van der Waals surface area (Å²) in [6, 6.07) is 6.68. The fourth-order valence-electron chi connectivity index (χ4n) is 1.55. The van der Waals surface area contributed by atoms with Gasteiger partial charge in [-0.2, -0.15) is 0 Å². The van der Waals surface area contributed by atoms with Gasteiger partial charge in [-0.05, 0) is 45.0 Å². The second-order valence-corrected chi connectivity index (χ2v) is 5.90. The van der Waals surface area contributed by atoms with E-state index in [0.717, 1.165) is 4.47 Å². The Morgan fingerprint density at radius 1 is 1.14 bits per heavy atom. The van der Waals surface area contributed by atoms with Crippen molar-refractivity contribution in [3.63, 3.8) is 0 Å². The molecule has 1 atom stereocenters. The topological polar surface area (TPSA) is 84.5 Å². The van der Waals surface area contributed by atoms with E-state index >= 15 is 0 Å². The van der Waals surface area contributed by atoms with Crippen LogP contribution in [0.2, 0.25) is 0 Å². The standard InChI is InChI=1S/C15H19BrN2O4/c1-9(2)18-14(20)10(3)22-13(19)8-17-15(21)11-4-6-12(16)7-5-11/h4-7,9-10H,8H2,1-3H3,(H,17,21)(H,18,20). The second kappa shape index (κ2) is 8.53. The lowest BCUT2D eigenvalue weighted by Gasteiger charge is -2.15. The first-order chi connectivity index (χ1) is 10.3. The molecule has 0 aliphatic rings. The fourth-order valence-corrected chi connectivity index (χ4v) is 1.81. The van der Waals surface area contributed by atoms with Crippen LogP contribution in [0, 0.1) is 0 Å². The maximum absolute atomic E-state index is 11.8. The number of amides is 2. The molecule has 7 heteroatoms. The van der Waals surface area contributed by atoms with E-state index in [2.05, 4.69) is 26.6 Å². The third-order valence-corrected chi connectivity index (χ3v) is 3.14. The van der Waals surface area contributed by atoms with Crippen LogP contribution in [-0.4, -0.2) is 36.5 Å². The largest absolute Gasteiger partial charge is 0.451 e. The fraction of sp³-hybridized carbons (Fsp3) is 0.400. The lowest BCUT2D eigenvalue weighted by Crippen LogP contribution is -2.41. The zero-order valence-corrected chi connectivity index (χ0v) is 14.3. The molecule has 0 fully saturated rings. The Bertz CT molecular complexity index is 543. The number of hydrogen-bond donors (Lipinski definition) is 2. The Labute approximate surface area is 137 Å². The van der Waals surface area contributed by atoms with E-state index in [1.54, 1.807) is 24.3 Å². The van der Waals surface area contributed by atoms with E-state index in [-0.39, 0.29) is 24.4 Å². The predicted molar refractivity (Wildman–Crippen MR) is 85.3 cm³/mol. The van der Waals surface area contributed by atoms with Crippen molar-refractivity contribution in [3.8, 4) is 0 Å². The van der Waals surface area contributed by atoms with Crippen molar-refractivity contribution in [2.45, 2.75) is 32.9 Å². The van der Waals surface area contributed by atoms with Crippen molar-refractivity contribution < 1.29 is 19.1 Å². The molecule has 0 aliphatic carbocycles. The summed E-state index contributed by atoms with van der Waals surface area (Å²) >= 11 is 3.27. The highest BCUT2D eigenvalue weighted by molar-refractivity contribution is 9.10. The minimum atomic E-state index is -0.903. The summed E-state index contributed by atoms with van der Waals surface area (Å²) in [5.74, 6) is -1.43. The van der Waals surface area contributed by atoms with Gasteiger partial charge in [0.1, 0.15) is 6.54 Å². The third kappa shape index (κ3) is 6.26. The summed E-state index contributed by atoms with van der Waals surface area (Å²) < 4.78 is 5.80. The minimum Gasteiger partial charge on any atom is -0.451 e. The van der Waals surface area contributed by atoms with Gasteiger partial charge < -0.3 is 15.4 Å². The molecule has 0 saturated heterocycles. The molecule has 120 valence electrons. The van der Waals surface area contributed by atoms with Crippen LogP contribution in [0.4, 0.5) is 0 Å². The van der Waals surface area contributed by atoms with Crippen LogP contribution in [0.5, 0.6) is 0 Å². The maximum atomic E-state index is 11.8. The molecule has 1 aromatic rings. The van der Waals surface area contributed by atoms with E-state index < -0.39 is 12.1 Å². The lowest BCUT2D eigenvalue weighted by atomic mass is 10.2. The van der Waals surface area contributed by atoms with Gasteiger partial charge in [0.25, 0.3) is 11.8 Å². The first-order valence-corrected chi connectivity index (χ1v) is 7.62. The molecule has 6 nitrogen and oxygen atoms in total. The van der Waals surface area contributed by atoms with Gasteiger partial charge in [0.2, 0.25) is 0 Å². The van der Waals surface area contributed by atoms with Gasteiger partial charge in [-0.1, -0.05) is 15.9 Å². The molecule has 0 heterocycles. The lowest BCUT2D eigenvalue weighted by molar-refractivity contribution is -0.153. The van der Waals surface area contributed by atoms with Crippen LogP contribution in [0.15, 0.2) is 28.7 Å². The quantitative estimate of drug-likeness (QED) is 0.745. The number of rotatable bonds is 6. The number of ether oxygens (including phenoxy) is 1. The molecule has 0 bridgehead atoms. The molecule has 1 unspecified atom stereocenters. The molecule has 0 aromatic heterocycles. The number of halogens is 1. The summed E-state index contributed by atoms with van der Waals surface area (Å²) in [5, 5.41) is 5.08. The summed E-state index contributed by atoms with van der Waals surface area (Å²) in [4.78, 5) is 35.0. The van der Waals surface area contributed by atoms with Gasteiger partial charge in [-0.3, -0.25) is 14.4 Å². The number of esters is 1. The van der Waals surface area contributed by atoms with Crippen molar-refractivity contribution in [3.05, 3.63) is 34.3 Å². The van der Waals surface area contributed by atoms with Gasteiger partial charge in [0.15, 0.2) is 6.10 Å². The van der Waals surface area contributed by atoms with Crippen molar-refractivity contribution in [2.75, 3.05) is 6.54 Å². The van der Waals surface area contributed by atoms with Gasteiger partial charge >= 0.3 is 5.97 Å². The molecular formula is C15H19BrN2O4. The molecule has 2 N–H and O–H groups in total. The number of benzene rings is 1. The van der Waals surface area contributed by atoms with Gasteiger partial charge in [0, 0.05) is 16.1 Å². The SMILES string of the molecule is CC(C)NC(=O)C(C)OC(=O)CNC(=O)c1ccc(Br)cc1. The van der Waals surface area contributed by atoms with E-state index in [9.17, 15) is 14.4 Å². The molecule has 1 aromatic carbocycles. The minimum absolute atomic E-state index is 0.0363. The molecule has 0 saturated carbocycles. The van der Waals surface area contributed by atoms with Crippen LogP contribution in [0.1, 0.15) is 31.1 Å². The molecule has 0 aliphatic heterocycles. The van der Waals surface area contributed by atoms with E-state index in [0.29, 0.717) is 5.56 Å². The molecule has 2 amide bonds. The smallest absolute Gasteiger partial charge is 0.326 e. The first kappa shape index (κ1) is 18.2. The number of carbonyl (C=O) groups is 3. The summed E-state index contributed by atoms with van der Waals surface area (Å²) in [5.41, 5.74) is 0.432. The summed E-state index contributed by atoms with van der Waals surface area (Å²) in [6.07, 6.45) is -0.903. The molecule has 0 radical (unpaired) electrons. The van der Waals surface area contributed by atoms with Crippen molar-refractivity contribution >= 4 is 33.7 Å². The molecule has 1 rings (SSSR count). The van der Waals surface area contributed by atoms with Crippen molar-refractivity contribution in [1.29, 1.82) is 0 Å². The monoisotopic (exact) mass is 370 g/mol. The second-order valence-electron chi connectivity index (χ2n) is 4.98. The average molecular weight is 371 g/mol. The Hall–Kier alpha value is -1.89. The van der Waals surface area contributed by atoms with Gasteiger partial charge in [-0.25, -0.2) is 0 Å². The number of nitrogens with one attached hydrogen (secondary N) is 2. The van der Waals surface area contributed by atoms with Gasteiger partial charge in [0.05, 0.1) is 0 Å². The first-order valence-electron chi connectivity index (χ1n) is 6.83.